The van der Waals surface area contributed by atoms with Crippen LogP contribution >= 0.6 is 35.3 Å². The minimum Gasteiger partial charge on any atom is -0.379 e. The van der Waals surface area contributed by atoms with Crippen LogP contribution in [0.15, 0.2) is 46.1 Å². The summed E-state index contributed by atoms with van der Waals surface area (Å²) in [6.07, 6.45) is 0. The molecule has 10 heteroatoms. The van der Waals surface area contributed by atoms with Crippen LogP contribution < -0.4 is 10.6 Å². The second-order valence-electron chi connectivity index (χ2n) is 6.45. The quantitative estimate of drug-likeness (QED) is 0.315. The van der Waals surface area contributed by atoms with Crippen molar-refractivity contribution in [2.24, 2.45) is 4.99 Å². The van der Waals surface area contributed by atoms with Crippen molar-refractivity contribution in [3.05, 3.63) is 57.8 Å². The fourth-order valence-corrected chi connectivity index (χ4v) is 5.19. The van der Waals surface area contributed by atoms with Gasteiger partial charge in [0.05, 0.1) is 19.0 Å². The summed E-state index contributed by atoms with van der Waals surface area (Å²) in [6.45, 7) is 2.93. The number of sulfonamides is 1. The molecule has 7 nitrogen and oxygen atoms in total. The Labute approximate surface area is 193 Å². The van der Waals surface area contributed by atoms with Crippen molar-refractivity contribution in [2.75, 3.05) is 33.4 Å². The highest BCUT2D eigenvalue weighted by molar-refractivity contribution is 14.0. The fourth-order valence-electron chi connectivity index (χ4n) is 2.96. The first-order valence-electron chi connectivity index (χ1n) is 9.16. The summed E-state index contributed by atoms with van der Waals surface area (Å²) < 4.78 is 32.3. The van der Waals surface area contributed by atoms with Crippen molar-refractivity contribution in [3.63, 3.8) is 0 Å². The van der Waals surface area contributed by atoms with E-state index < -0.39 is 10.0 Å². The van der Waals surface area contributed by atoms with Crippen molar-refractivity contribution >= 4 is 51.3 Å². The standard InChI is InChI=1S/C19H26N4O3S2.HI/c1-20-19(21-12-16-6-11-27-14-16)22-13-17-4-2-3-5-18(17)15-28(24,25)23-7-9-26-10-8-23;/h2-6,11,14H,7-10,12-13,15H2,1H3,(H2,20,21,22);1H. The first-order chi connectivity index (χ1) is 13.6. The summed E-state index contributed by atoms with van der Waals surface area (Å²) in [6, 6.07) is 9.68. The van der Waals surface area contributed by atoms with Gasteiger partial charge in [-0.1, -0.05) is 24.3 Å². The Kier molecular flexibility index (Phi) is 9.83. The van der Waals surface area contributed by atoms with Gasteiger partial charge in [-0.15, -0.1) is 24.0 Å². The summed E-state index contributed by atoms with van der Waals surface area (Å²) in [5, 5.41) is 10.7. The van der Waals surface area contributed by atoms with Crippen molar-refractivity contribution in [2.45, 2.75) is 18.8 Å². The van der Waals surface area contributed by atoms with Crippen molar-refractivity contribution in [3.8, 4) is 0 Å². The highest BCUT2D eigenvalue weighted by Crippen LogP contribution is 2.16. The lowest BCUT2D eigenvalue weighted by atomic mass is 10.1. The molecule has 2 aromatic rings. The molecule has 0 radical (unpaired) electrons. The first kappa shape index (κ1) is 24.1. The highest BCUT2D eigenvalue weighted by atomic mass is 127. The van der Waals surface area contributed by atoms with E-state index in [1.807, 2.05) is 29.6 Å². The highest BCUT2D eigenvalue weighted by Gasteiger charge is 2.25. The number of aliphatic imine (C=N–C) groups is 1. The maximum Gasteiger partial charge on any atom is 0.218 e. The normalized spacial score (nSPS) is 15.6. The molecule has 0 saturated carbocycles. The zero-order chi connectivity index (χ0) is 19.8. The van der Waals surface area contributed by atoms with Gasteiger partial charge >= 0.3 is 0 Å². The van der Waals surface area contributed by atoms with Gasteiger partial charge in [-0.3, -0.25) is 4.99 Å². The first-order valence-corrected chi connectivity index (χ1v) is 11.7. The Bertz CT molecular complexity index is 883. The largest absolute Gasteiger partial charge is 0.379 e. The maximum atomic E-state index is 12.8. The molecule has 0 spiro atoms. The molecule has 0 bridgehead atoms. The number of ether oxygens (including phenoxy) is 1. The molecule has 2 heterocycles. The van der Waals surface area contributed by atoms with Crippen LogP contribution in [-0.2, 0) is 33.6 Å². The third-order valence-electron chi connectivity index (χ3n) is 4.53. The Morgan fingerprint density at radius 1 is 1.14 bits per heavy atom. The number of morpholine rings is 1. The second-order valence-corrected chi connectivity index (χ2v) is 9.20. The molecule has 1 aromatic carbocycles. The van der Waals surface area contributed by atoms with Gasteiger partial charge in [0.2, 0.25) is 10.0 Å². The SMILES string of the molecule is CN=C(NCc1ccsc1)NCc1ccccc1CS(=O)(=O)N1CCOCC1.I. The van der Waals surface area contributed by atoms with Gasteiger partial charge in [-0.25, -0.2) is 8.42 Å². The van der Waals surface area contributed by atoms with Gasteiger partial charge in [0.1, 0.15) is 0 Å². The van der Waals surface area contributed by atoms with Crippen LogP contribution in [0.25, 0.3) is 0 Å². The van der Waals surface area contributed by atoms with E-state index in [0.29, 0.717) is 45.4 Å². The van der Waals surface area contributed by atoms with Gasteiger partial charge in [0, 0.05) is 33.2 Å². The van der Waals surface area contributed by atoms with E-state index in [0.717, 1.165) is 11.1 Å². The van der Waals surface area contributed by atoms with Crippen LogP contribution in [0.2, 0.25) is 0 Å². The van der Waals surface area contributed by atoms with Gasteiger partial charge in [0.15, 0.2) is 5.96 Å². The zero-order valence-corrected chi connectivity index (χ0v) is 20.3. The monoisotopic (exact) mass is 550 g/mol. The molecule has 29 heavy (non-hydrogen) atoms. The average Bonchev–Trinajstić information content (AvgIpc) is 3.23. The number of rotatable bonds is 7. The average molecular weight is 550 g/mol. The predicted molar refractivity (Wildman–Crippen MR) is 128 cm³/mol. The minimum absolute atomic E-state index is 0. The summed E-state index contributed by atoms with van der Waals surface area (Å²) in [5.41, 5.74) is 2.94. The van der Waals surface area contributed by atoms with Gasteiger partial charge < -0.3 is 15.4 Å². The van der Waals surface area contributed by atoms with E-state index in [9.17, 15) is 8.42 Å². The Balaban J connectivity index is 0.00000300. The Morgan fingerprint density at radius 3 is 2.48 bits per heavy atom. The van der Waals surface area contributed by atoms with Crippen LogP contribution in [0.3, 0.4) is 0 Å². The number of guanidine groups is 1. The third-order valence-corrected chi connectivity index (χ3v) is 7.09. The Hall–Kier alpha value is -1.21. The lowest BCUT2D eigenvalue weighted by Gasteiger charge is -2.26. The van der Waals surface area contributed by atoms with Gasteiger partial charge in [-0.05, 0) is 33.5 Å². The number of hydrogen-bond acceptors (Lipinski definition) is 5. The summed E-state index contributed by atoms with van der Waals surface area (Å²) in [4.78, 5) is 4.24. The molecule has 1 saturated heterocycles. The summed E-state index contributed by atoms with van der Waals surface area (Å²) >= 11 is 1.66. The molecule has 0 unspecified atom stereocenters. The lowest BCUT2D eigenvalue weighted by molar-refractivity contribution is 0.0729. The molecule has 3 rings (SSSR count). The molecule has 1 fully saturated rings. The molecule has 0 aliphatic carbocycles. The van der Waals surface area contributed by atoms with Gasteiger partial charge in [-0.2, -0.15) is 15.6 Å². The zero-order valence-electron chi connectivity index (χ0n) is 16.3. The second kappa shape index (κ2) is 11.8. The smallest absolute Gasteiger partial charge is 0.218 e. The topological polar surface area (TPSA) is 83.0 Å². The van der Waals surface area contributed by atoms with E-state index in [1.54, 1.807) is 18.4 Å². The number of halogens is 1. The van der Waals surface area contributed by atoms with Crippen LogP contribution in [0.5, 0.6) is 0 Å². The maximum absolute atomic E-state index is 12.8. The molecular formula is C19H27IN4O3S2. The van der Waals surface area contributed by atoms with E-state index in [2.05, 4.69) is 27.1 Å². The van der Waals surface area contributed by atoms with Crippen molar-refractivity contribution in [1.29, 1.82) is 0 Å². The molecule has 0 amide bonds. The summed E-state index contributed by atoms with van der Waals surface area (Å²) in [7, 11) is -1.64. The fraction of sp³-hybridized carbons (Fsp3) is 0.421. The molecule has 1 aliphatic heterocycles. The van der Waals surface area contributed by atoms with E-state index >= 15 is 0 Å². The number of hydrogen-bond donors (Lipinski definition) is 2. The number of nitrogens with zero attached hydrogens (tertiary/aromatic N) is 2. The van der Waals surface area contributed by atoms with E-state index in [4.69, 9.17) is 4.74 Å². The molecule has 1 aromatic heterocycles. The number of benzene rings is 1. The van der Waals surface area contributed by atoms with Crippen LogP contribution in [-0.4, -0.2) is 52.0 Å². The molecule has 2 N–H and O–H groups in total. The van der Waals surface area contributed by atoms with Crippen molar-refractivity contribution < 1.29 is 13.2 Å². The number of nitrogens with one attached hydrogen (secondary N) is 2. The molecule has 0 atom stereocenters. The van der Waals surface area contributed by atoms with E-state index in [1.165, 1.54) is 9.87 Å². The van der Waals surface area contributed by atoms with Crippen molar-refractivity contribution in [1.82, 2.24) is 14.9 Å². The minimum atomic E-state index is -3.36. The van der Waals surface area contributed by atoms with Crippen LogP contribution in [0.1, 0.15) is 16.7 Å². The Morgan fingerprint density at radius 2 is 1.83 bits per heavy atom. The molecule has 1 aliphatic rings. The van der Waals surface area contributed by atoms with E-state index in [-0.39, 0.29) is 29.7 Å². The van der Waals surface area contributed by atoms with Crippen LogP contribution in [0.4, 0.5) is 0 Å². The van der Waals surface area contributed by atoms with Gasteiger partial charge in [0.25, 0.3) is 0 Å². The lowest BCUT2D eigenvalue weighted by Crippen LogP contribution is -2.41. The molecular weight excluding hydrogens is 523 g/mol. The third kappa shape index (κ3) is 7.21. The van der Waals surface area contributed by atoms with Crippen LogP contribution in [0, 0.1) is 0 Å². The number of thiophene rings is 1. The summed E-state index contributed by atoms with van der Waals surface area (Å²) in [5.74, 6) is 0.670. The molecule has 160 valence electrons. The predicted octanol–water partition coefficient (Wildman–Crippen LogP) is 2.39.